The van der Waals surface area contributed by atoms with Gasteiger partial charge < -0.3 is 15.6 Å². The smallest absolute Gasteiger partial charge is 0.338 e. The molecule has 1 fully saturated rings. The Morgan fingerprint density at radius 3 is 2.73 bits per heavy atom. The largest absolute Gasteiger partial charge is 0.457 e. The van der Waals surface area contributed by atoms with E-state index < -0.39 is 12.1 Å². The molecule has 4 heteroatoms. The van der Waals surface area contributed by atoms with Crippen molar-refractivity contribution in [1.29, 1.82) is 0 Å². The maximum absolute atomic E-state index is 12.3. The molecule has 1 unspecified atom stereocenters. The van der Waals surface area contributed by atoms with Crippen molar-refractivity contribution in [2.45, 2.75) is 25.6 Å². The molecule has 1 atom stereocenters. The minimum atomic E-state index is -0.587. The zero-order chi connectivity index (χ0) is 15.5. The predicted molar refractivity (Wildman–Crippen MR) is 84.1 cm³/mol. The highest BCUT2D eigenvalue weighted by molar-refractivity contribution is 5.91. The molecule has 114 valence electrons. The lowest BCUT2D eigenvalue weighted by Gasteiger charge is -2.14. The number of nitrogen functional groups attached to an aromatic ring is 1. The highest BCUT2D eigenvalue weighted by Crippen LogP contribution is 2.41. The summed E-state index contributed by atoms with van der Waals surface area (Å²) >= 11 is 0. The Morgan fingerprint density at radius 1 is 1.23 bits per heavy atom. The number of aliphatic hydroxyl groups excluding tert-OH is 1. The summed E-state index contributed by atoms with van der Waals surface area (Å²) in [6.45, 7) is 0.164. The Morgan fingerprint density at radius 2 is 2.00 bits per heavy atom. The highest BCUT2D eigenvalue weighted by atomic mass is 16.5. The molecule has 22 heavy (non-hydrogen) atoms. The van der Waals surface area contributed by atoms with E-state index in [0.717, 1.165) is 18.4 Å². The first kappa shape index (κ1) is 14.6. The Bertz CT molecular complexity index is 680. The summed E-state index contributed by atoms with van der Waals surface area (Å²) in [5.41, 5.74) is 8.28. The standard InChI is InChI=1S/C18H19NO3/c19-14-5-3-4-12(10-14)11-22-18(21)16-7-2-1-6-15(16)17(20)13-8-9-13/h1-7,10,13,17,20H,8-9,11,19H2. The fraction of sp³-hybridized carbons (Fsp3) is 0.278. The molecule has 3 N–H and O–H groups in total. The van der Waals surface area contributed by atoms with Gasteiger partial charge in [-0.25, -0.2) is 4.79 Å². The fourth-order valence-corrected chi connectivity index (χ4v) is 2.52. The second kappa shape index (κ2) is 6.20. The summed E-state index contributed by atoms with van der Waals surface area (Å²) < 4.78 is 5.35. The van der Waals surface area contributed by atoms with Gasteiger partial charge in [-0.05, 0) is 48.1 Å². The van der Waals surface area contributed by atoms with E-state index in [-0.39, 0.29) is 12.5 Å². The van der Waals surface area contributed by atoms with Crippen molar-refractivity contribution in [2.75, 3.05) is 5.73 Å². The van der Waals surface area contributed by atoms with Crippen molar-refractivity contribution in [1.82, 2.24) is 0 Å². The Hall–Kier alpha value is -2.33. The fourth-order valence-electron chi connectivity index (χ4n) is 2.52. The number of rotatable bonds is 5. The third kappa shape index (κ3) is 3.28. The van der Waals surface area contributed by atoms with Gasteiger partial charge in [-0.1, -0.05) is 30.3 Å². The number of hydrogen-bond donors (Lipinski definition) is 2. The number of nitrogens with two attached hydrogens (primary N) is 1. The van der Waals surface area contributed by atoms with Crippen LogP contribution in [0.25, 0.3) is 0 Å². The van der Waals surface area contributed by atoms with Crippen molar-refractivity contribution >= 4 is 11.7 Å². The van der Waals surface area contributed by atoms with Gasteiger partial charge in [0.1, 0.15) is 6.61 Å². The normalized spacial score (nSPS) is 15.3. The molecule has 1 aliphatic rings. The zero-order valence-corrected chi connectivity index (χ0v) is 12.2. The molecule has 0 bridgehead atoms. The summed E-state index contributed by atoms with van der Waals surface area (Å²) in [6.07, 6.45) is 1.43. The van der Waals surface area contributed by atoms with Crippen molar-refractivity contribution in [3.63, 3.8) is 0 Å². The maximum Gasteiger partial charge on any atom is 0.338 e. The summed E-state index contributed by atoms with van der Waals surface area (Å²) in [5.74, 6) is -0.152. The highest BCUT2D eigenvalue weighted by Gasteiger charge is 2.33. The topological polar surface area (TPSA) is 72.5 Å². The number of carbonyl (C=O) groups excluding carboxylic acids is 1. The molecule has 0 aliphatic heterocycles. The number of hydrogen-bond acceptors (Lipinski definition) is 4. The molecule has 2 aromatic carbocycles. The van der Waals surface area contributed by atoms with E-state index in [1.807, 2.05) is 18.2 Å². The van der Waals surface area contributed by atoms with Gasteiger partial charge in [-0.15, -0.1) is 0 Å². The van der Waals surface area contributed by atoms with Crippen LogP contribution >= 0.6 is 0 Å². The van der Waals surface area contributed by atoms with E-state index in [1.54, 1.807) is 30.3 Å². The van der Waals surface area contributed by atoms with Gasteiger partial charge in [0.15, 0.2) is 0 Å². The molecule has 3 rings (SSSR count). The van der Waals surface area contributed by atoms with Crippen molar-refractivity contribution in [2.24, 2.45) is 5.92 Å². The summed E-state index contributed by atoms with van der Waals surface area (Å²) in [7, 11) is 0. The quantitative estimate of drug-likeness (QED) is 0.657. The van der Waals surface area contributed by atoms with Crippen LogP contribution in [0.1, 0.15) is 40.4 Å². The van der Waals surface area contributed by atoms with Crippen LogP contribution in [0.2, 0.25) is 0 Å². The lowest BCUT2D eigenvalue weighted by Crippen LogP contribution is -2.12. The molecule has 4 nitrogen and oxygen atoms in total. The van der Waals surface area contributed by atoms with Crippen LogP contribution in [0.15, 0.2) is 48.5 Å². The average molecular weight is 297 g/mol. The predicted octanol–water partition coefficient (Wildman–Crippen LogP) is 3.07. The molecule has 1 saturated carbocycles. The van der Waals surface area contributed by atoms with Gasteiger partial charge >= 0.3 is 5.97 Å². The Labute approximate surface area is 129 Å². The molecule has 0 aromatic heterocycles. The average Bonchev–Trinajstić information content (AvgIpc) is 3.37. The van der Waals surface area contributed by atoms with E-state index in [1.165, 1.54) is 0 Å². The van der Waals surface area contributed by atoms with E-state index in [4.69, 9.17) is 10.5 Å². The van der Waals surface area contributed by atoms with Crippen LogP contribution in [0.5, 0.6) is 0 Å². The van der Waals surface area contributed by atoms with Crippen LogP contribution < -0.4 is 5.73 Å². The third-order valence-electron chi connectivity index (χ3n) is 3.89. The van der Waals surface area contributed by atoms with Crippen molar-refractivity contribution in [3.8, 4) is 0 Å². The number of aliphatic hydroxyl groups is 1. The summed E-state index contributed by atoms with van der Waals surface area (Å²) in [6, 6.07) is 14.3. The lowest BCUT2D eigenvalue weighted by atomic mass is 9.99. The first-order valence-corrected chi connectivity index (χ1v) is 7.43. The maximum atomic E-state index is 12.3. The van der Waals surface area contributed by atoms with Crippen LogP contribution in [-0.2, 0) is 11.3 Å². The van der Waals surface area contributed by atoms with E-state index in [9.17, 15) is 9.90 Å². The van der Waals surface area contributed by atoms with Crippen molar-refractivity contribution in [3.05, 3.63) is 65.2 Å². The molecular formula is C18H19NO3. The van der Waals surface area contributed by atoms with E-state index in [2.05, 4.69) is 0 Å². The van der Waals surface area contributed by atoms with E-state index >= 15 is 0 Å². The number of esters is 1. The second-order valence-corrected chi connectivity index (χ2v) is 5.69. The molecule has 0 heterocycles. The lowest BCUT2D eigenvalue weighted by molar-refractivity contribution is 0.0464. The van der Waals surface area contributed by atoms with Gasteiger partial charge in [0.2, 0.25) is 0 Å². The minimum Gasteiger partial charge on any atom is -0.457 e. The van der Waals surface area contributed by atoms with E-state index in [0.29, 0.717) is 16.8 Å². The molecule has 1 aliphatic carbocycles. The molecule has 0 radical (unpaired) electrons. The molecule has 0 saturated heterocycles. The van der Waals surface area contributed by atoms with Gasteiger partial charge in [-0.3, -0.25) is 0 Å². The second-order valence-electron chi connectivity index (χ2n) is 5.69. The van der Waals surface area contributed by atoms with Crippen LogP contribution in [0.4, 0.5) is 5.69 Å². The van der Waals surface area contributed by atoms with Gasteiger partial charge in [0.25, 0.3) is 0 Å². The number of anilines is 1. The molecular weight excluding hydrogens is 278 g/mol. The van der Waals surface area contributed by atoms with Crippen LogP contribution in [-0.4, -0.2) is 11.1 Å². The van der Waals surface area contributed by atoms with Crippen molar-refractivity contribution < 1.29 is 14.6 Å². The summed E-state index contributed by atoms with van der Waals surface area (Å²) in [5, 5.41) is 10.3. The molecule has 2 aromatic rings. The number of benzene rings is 2. The summed E-state index contributed by atoms with van der Waals surface area (Å²) in [4.78, 5) is 12.3. The first-order chi connectivity index (χ1) is 10.6. The van der Waals surface area contributed by atoms with Gasteiger partial charge in [-0.2, -0.15) is 0 Å². The van der Waals surface area contributed by atoms with Crippen LogP contribution in [0, 0.1) is 5.92 Å². The minimum absolute atomic E-state index is 0.164. The van der Waals surface area contributed by atoms with Gasteiger partial charge in [0, 0.05) is 5.69 Å². The Balaban J connectivity index is 1.72. The first-order valence-electron chi connectivity index (χ1n) is 7.43. The van der Waals surface area contributed by atoms with Crippen LogP contribution in [0.3, 0.4) is 0 Å². The monoisotopic (exact) mass is 297 g/mol. The zero-order valence-electron chi connectivity index (χ0n) is 12.2. The number of ether oxygens (including phenoxy) is 1. The third-order valence-corrected chi connectivity index (χ3v) is 3.89. The molecule has 0 spiro atoms. The Kier molecular flexibility index (Phi) is 4.11. The van der Waals surface area contributed by atoms with Gasteiger partial charge in [0.05, 0.1) is 11.7 Å². The molecule has 0 amide bonds. The number of carbonyl (C=O) groups is 1. The SMILES string of the molecule is Nc1cccc(COC(=O)c2ccccc2C(O)C2CC2)c1.